The molecule has 0 aliphatic carbocycles. The molecule has 1 aliphatic rings. The molecule has 7 nitrogen and oxygen atoms in total. The summed E-state index contributed by atoms with van der Waals surface area (Å²) >= 11 is 0. The molecule has 0 spiro atoms. The number of methoxy groups -OCH3 is 1. The molecule has 0 bridgehead atoms. The minimum atomic E-state index is -2.13. The van der Waals surface area contributed by atoms with E-state index in [-0.39, 0.29) is 13.0 Å². The first-order valence-corrected chi connectivity index (χ1v) is 6.27. The topological polar surface area (TPSA) is 93.5 Å². The summed E-state index contributed by atoms with van der Waals surface area (Å²) in [6.45, 7) is 1.55. The molecule has 20 heavy (non-hydrogen) atoms. The minimum Gasteiger partial charge on any atom is -0.387 e. The summed E-state index contributed by atoms with van der Waals surface area (Å²) in [5.74, 6) is 0. The average Bonchev–Trinajstić information content (AvgIpc) is 2.65. The Balaban J connectivity index is 2.43. The first kappa shape index (κ1) is 14.9. The van der Waals surface area contributed by atoms with Crippen LogP contribution < -0.4 is 11.2 Å². The highest BCUT2D eigenvalue weighted by atomic mass is 19.1. The van der Waals surface area contributed by atoms with Gasteiger partial charge in [0.1, 0.15) is 12.2 Å². The van der Waals surface area contributed by atoms with Crippen LogP contribution in [-0.2, 0) is 9.47 Å². The number of aliphatic hydroxyl groups is 1. The number of H-pyrrole nitrogens is 1. The van der Waals surface area contributed by atoms with Crippen molar-refractivity contribution >= 4 is 0 Å². The largest absolute Gasteiger partial charge is 0.387 e. The van der Waals surface area contributed by atoms with Crippen LogP contribution in [0.5, 0.6) is 0 Å². The first-order chi connectivity index (χ1) is 9.43. The molecule has 2 rings (SSSR count). The molecule has 2 heterocycles. The Morgan fingerprint density at radius 3 is 2.85 bits per heavy atom. The Hall–Kier alpha value is -1.51. The van der Waals surface area contributed by atoms with Crippen LogP contribution in [0.15, 0.2) is 21.9 Å². The second-order valence-corrected chi connectivity index (χ2v) is 4.72. The molecule has 0 amide bonds. The van der Waals surface area contributed by atoms with Gasteiger partial charge in [0.05, 0.1) is 6.61 Å². The molecule has 8 heteroatoms. The van der Waals surface area contributed by atoms with Gasteiger partial charge in [-0.1, -0.05) is 6.92 Å². The summed E-state index contributed by atoms with van der Waals surface area (Å²) in [6.07, 6.45) is -2.51. The fraction of sp³-hybridized carbons (Fsp3) is 0.667. The number of halogens is 1. The van der Waals surface area contributed by atoms with E-state index in [9.17, 15) is 19.1 Å². The minimum absolute atomic E-state index is 0.00143. The van der Waals surface area contributed by atoms with Crippen molar-refractivity contribution in [2.75, 3.05) is 13.7 Å². The van der Waals surface area contributed by atoms with Crippen molar-refractivity contribution in [2.24, 2.45) is 0 Å². The summed E-state index contributed by atoms with van der Waals surface area (Å²) in [7, 11) is 1.40. The summed E-state index contributed by atoms with van der Waals surface area (Å²) in [6, 6.07) is 1.09. The molecule has 0 unspecified atom stereocenters. The number of hydrogen-bond donors (Lipinski definition) is 2. The van der Waals surface area contributed by atoms with Gasteiger partial charge in [-0.3, -0.25) is 14.3 Å². The van der Waals surface area contributed by atoms with Gasteiger partial charge in [0.25, 0.3) is 5.56 Å². The van der Waals surface area contributed by atoms with E-state index >= 15 is 0 Å². The fourth-order valence-electron chi connectivity index (χ4n) is 2.40. The molecule has 0 saturated carbocycles. The van der Waals surface area contributed by atoms with Crippen LogP contribution in [0, 0.1) is 0 Å². The van der Waals surface area contributed by atoms with Crippen LogP contribution in [0.1, 0.15) is 19.6 Å². The van der Waals surface area contributed by atoms with Crippen LogP contribution in [-0.4, -0.2) is 46.3 Å². The Kier molecular flexibility index (Phi) is 4.07. The van der Waals surface area contributed by atoms with Crippen LogP contribution in [0.2, 0.25) is 0 Å². The molecule has 4 atom stereocenters. The lowest BCUT2D eigenvalue weighted by atomic mass is 9.93. The third kappa shape index (κ3) is 2.30. The summed E-state index contributed by atoms with van der Waals surface area (Å²) in [5.41, 5.74) is -3.51. The zero-order chi connectivity index (χ0) is 14.9. The van der Waals surface area contributed by atoms with Crippen molar-refractivity contribution in [1.82, 2.24) is 9.55 Å². The molecular formula is C12H17FN2O5. The van der Waals surface area contributed by atoms with E-state index < -0.39 is 35.4 Å². The number of nitrogens with zero attached hydrogens (tertiary/aromatic N) is 1. The zero-order valence-electron chi connectivity index (χ0n) is 11.2. The lowest BCUT2D eigenvalue weighted by molar-refractivity contribution is -0.0711. The Morgan fingerprint density at radius 1 is 1.60 bits per heavy atom. The quantitative estimate of drug-likeness (QED) is 0.783. The lowest BCUT2D eigenvalue weighted by Crippen LogP contribution is -2.45. The molecule has 1 fully saturated rings. The molecule has 112 valence electrons. The molecule has 1 aromatic rings. The SMILES string of the molecule is CC[C@@]1(F)[C@H](O)[C@@H](COC)O[C@H]1n1ccc(=O)[nH]c1=O. The molecule has 0 radical (unpaired) electrons. The number of aromatic nitrogens is 2. The second-order valence-electron chi connectivity index (χ2n) is 4.72. The number of aromatic amines is 1. The van der Waals surface area contributed by atoms with E-state index in [1.807, 2.05) is 4.98 Å². The fourth-order valence-corrected chi connectivity index (χ4v) is 2.40. The third-order valence-corrected chi connectivity index (χ3v) is 3.53. The standard InChI is InChI=1S/C12H17FN2O5/c1-3-12(13)9(17)7(6-19-2)20-10(12)15-5-4-8(16)14-11(15)18/h4-5,7,9-10,17H,3,6H2,1-2H3,(H,14,16,18)/t7-,9-,10-,12-/m1/s1. The number of rotatable bonds is 4. The third-order valence-electron chi connectivity index (χ3n) is 3.53. The van der Waals surface area contributed by atoms with Gasteiger partial charge in [-0.15, -0.1) is 0 Å². The molecule has 2 N–H and O–H groups in total. The van der Waals surface area contributed by atoms with Crippen molar-refractivity contribution in [3.8, 4) is 0 Å². The van der Waals surface area contributed by atoms with E-state index in [0.717, 1.165) is 16.8 Å². The molecular weight excluding hydrogens is 271 g/mol. The normalized spacial score (nSPS) is 33.5. The summed E-state index contributed by atoms with van der Waals surface area (Å²) in [4.78, 5) is 24.8. The lowest BCUT2D eigenvalue weighted by Gasteiger charge is -2.27. The summed E-state index contributed by atoms with van der Waals surface area (Å²) < 4.78 is 26.2. The highest BCUT2D eigenvalue weighted by molar-refractivity contribution is 5.03. The smallest absolute Gasteiger partial charge is 0.330 e. The van der Waals surface area contributed by atoms with Crippen molar-refractivity contribution < 1.29 is 19.0 Å². The number of aliphatic hydroxyl groups excluding tert-OH is 1. The van der Waals surface area contributed by atoms with Crippen molar-refractivity contribution in [2.45, 2.75) is 37.4 Å². The van der Waals surface area contributed by atoms with Gasteiger partial charge in [0, 0.05) is 19.4 Å². The van der Waals surface area contributed by atoms with Crippen molar-refractivity contribution in [3.63, 3.8) is 0 Å². The first-order valence-electron chi connectivity index (χ1n) is 6.27. The van der Waals surface area contributed by atoms with Gasteiger partial charge in [0.2, 0.25) is 0 Å². The molecule has 1 aliphatic heterocycles. The molecule has 1 saturated heterocycles. The Labute approximate surface area is 114 Å². The van der Waals surface area contributed by atoms with E-state index in [1.165, 1.54) is 7.11 Å². The number of alkyl halides is 1. The maximum absolute atomic E-state index is 15.0. The van der Waals surface area contributed by atoms with E-state index in [4.69, 9.17) is 9.47 Å². The monoisotopic (exact) mass is 288 g/mol. The van der Waals surface area contributed by atoms with Gasteiger partial charge in [-0.25, -0.2) is 9.18 Å². The maximum Gasteiger partial charge on any atom is 0.330 e. The number of hydrogen-bond acceptors (Lipinski definition) is 5. The van der Waals surface area contributed by atoms with Crippen LogP contribution in [0.3, 0.4) is 0 Å². The van der Waals surface area contributed by atoms with Crippen molar-refractivity contribution in [3.05, 3.63) is 33.1 Å². The van der Waals surface area contributed by atoms with Crippen LogP contribution >= 0.6 is 0 Å². The number of ether oxygens (including phenoxy) is 2. The highest BCUT2D eigenvalue weighted by Gasteiger charge is 2.57. The Morgan fingerprint density at radius 2 is 2.30 bits per heavy atom. The van der Waals surface area contributed by atoms with Gasteiger partial charge in [-0.05, 0) is 6.42 Å². The van der Waals surface area contributed by atoms with E-state index in [1.54, 1.807) is 6.92 Å². The maximum atomic E-state index is 15.0. The van der Waals surface area contributed by atoms with Gasteiger partial charge >= 0.3 is 5.69 Å². The second kappa shape index (κ2) is 5.47. The van der Waals surface area contributed by atoms with E-state index in [0.29, 0.717) is 0 Å². The predicted octanol–water partition coefficient (Wildman–Crippen LogP) is -0.440. The van der Waals surface area contributed by atoms with Gasteiger partial charge < -0.3 is 14.6 Å². The molecule has 0 aromatic carbocycles. The summed E-state index contributed by atoms with van der Waals surface area (Å²) in [5, 5.41) is 10.0. The Bertz CT molecular complexity index is 586. The van der Waals surface area contributed by atoms with Gasteiger partial charge in [-0.2, -0.15) is 0 Å². The number of nitrogens with one attached hydrogen (secondary N) is 1. The van der Waals surface area contributed by atoms with E-state index in [2.05, 4.69) is 0 Å². The van der Waals surface area contributed by atoms with Crippen LogP contribution in [0.4, 0.5) is 4.39 Å². The highest BCUT2D eigenvalue weighted by Crippen LogP contribution is 2.43. The van der Waals surface area contributed by atoms with Crippen LogP contribution in [0.25, 0.3) is 0 Å². The molecule has 1 aromatic heterocycles. The average molecular weight is 288 g/mol. The van der Waals surface area contributed by atoms with Gasteiger partial charge in [0.15, 0.2) is 11.9 Å². The van der Waals surface area contributed by atoms with Crippen molar-refractivity contribution in [1.29, 1.82) is 0 Å². The predicted molar refractivity (Wildman–Crippen MR) is 67.2 cm³/mol. The zero-order valence-corrected chi connectivity index (χ0v) is 11.2.